The second-order valence-corrected chi connectivity index (χ2v) is 5.60. The van der Waals surface area contributed by atoms with Gasteiger partial charge in [0.05, 0.1) is 0 Å². The van der Waals surface area contributed by atoms with Crippen molar-refractivity contribution in [2.24, 2.45) is 0 Å². The van der Waals surface area contributed by atoms with E-state index in [4.69, 9.17) is 14.7 Å². The van der Waals surface area contributed by atoms with E-state index in [1.165, 1.54) is 24.8 Å². The molecule has 4 heteroatoms. The molecule has 1 aromatic rings. The van der Waals surface area contributed by atoms with Crippen LogP contribution in [0.4, 0.5) is 5.82 Å². The van der Waals surface area contributed by atoms with Crippen LogP contribution in [0, 0.1) is 6.92 Å². The Balaban J connectivity index is 2.45. The van der Waals surface area contributed by atoms with E-state index >= 15 is 0 Å². The van der Waals surface area contributed by atoms with Crippen molar-refractivity contribution < 1.29 is 4.74 Å². The summed E-state index contributed by atoms with van der Waals surface area (Å²) in [6.45, 7) is 7.21. The second-order valence-electron chi connectivity index (χ2n) is 5.60. The molecule has 1 N–H and O–H groups in total. The number of aryl methyl sites for hydroxylation is 1. The van der Waals surface area contributed by atoms with Crippen LogP contribution in [0.5, 0.6) is 0 Å². The van der Waals surface area contributed by atoms with Crippen molar-refractivity contribution in [2.45, 2.75) is 64.9 Å². The molecule has 1 aliphatic rings. The monoisotopic (exact) mass is 277 g/mol. The van der Waals surface area contributed by atoms with Crippen molar-refractivity contribution in [1.82, 2.24) is 9.97 Å². The molecule has 0 radical (unpaired) electrons. The molecule has 2 rings (SSSR count). The molecule has 1 aromatic heterocycles. The Morgan fingerprint density at radius 1 is 1.15 bits per heavy atom. The van der Waals surface area contributed by atoms with E-state index in [0.717, 1.165) is 43.1 Å². The van der Waals surface area contributed by atoms with E-state index in [-0.39, 0.29) is 5.60 Å². The van der Waals surface area contributed by atoms with Crippen LogP contribution < -0.4 is 5.32 Å². The quantitative estimate of drug-likeness (QED) is 0.893. The maximum absolute atomic E-state index is 5.87. The Kier molecular flexibility index (Phi) is 4.97. The predicted molar refractivity (Wildman–Crippen MR) is 82.1 cm³/mol. The molecule has 0 bridgehead atoms. The van der Waals surface area contributed by atoms with Gasteiger partial charge in [-0.3, -0.25) is 0 Å². The third-order valence-electron chi connectivity index (χ3n) is 4.37. The van der Waals surface area contributed by atoms with Crippen molar-refractivity contribution in [3.05, 3.63) is 17.1 Å². The lowest BCUT2D eigenvalue weighted by Crippen LogP contribution is -2.34. The van der Waals surface area contributed by atoms with Gasteiger partial charge in [0, 0.05) is 24.9 Å². The molecule has 4 nitrogen and oxygen atoms in total. The number of methoxy groups -OCH3 is 1. The lowest BCUT2D eigenvalue weighted by Gasteiger charge is -2.35. The molecule has 0 spiro atoms. The van der Waals surface area contributed by atoms with Crippen LogP contribution >= 0.6 is 0 Å². The van der Waals surface area contributed by atoms with Gasteiger partial charge in [0.25, 0.3) is 0 Å². The lowest BCUT2D eigenvalue weighted by molar-refractivity contribution is -0.0515. The third kappa shape index (κ3) is 2.80. The minimum absolute atomic E-state index is 0.278. The SMILES string of the molecule is CCNc1nc(C2(OC)CCCCC2)nc(C)c1CC. The van der Waals surface area contributed by atoms with Crippen LogP contribution in [-0.4, -0.2) is 23.6 Å². The zero-order chi connectivity index (χ0) is 14.6. The van der Waals surface area contributed by atoms with Crippen LogP contribution in [0.3, 0.4) is 0 Å². The first-order valence-corrected chi connectivity index (χ1v) is 7.84. The van der Waals surface area contributed by atoms with Gasteiger partial charge in [-0.1, -0.05) is 26.2 Å². The van der Waals surface area contributed by atoms with Crippen molar-refractivity contribution in [2.75, 3.05) is 19.0 Å². The summed E-state index contributed by atoms with van der Waals surface area (Å²) in [6, 6.07) is 0. The molecule has 1 heterocycles. The van der Waals surface area contributed by atoms with E-state index in [1.807, 2.05) is 0 Å². The summed E-state index contributed by atoms with van der Waals surface area (Å²) in [4.78, 5) is 9.59. The van der Waals surface area contributed by atoms with Crippen molar-refractivity contribution in [3.8, 4) is 0 Å². The smallest absolute Gasteiger partial charge is 0.162 e. The normalized spacial score (nSPS) is 18.0. The van der Waals surface area contributed by atoms with Crippen LogP contribution in [0.15, 0.2) is 0 Å². The fourth-order valence-electron chi connectivity index (χ4n) is 3.18. The molecular weight excluding hydrogens is 250 g/mol. The zero-order valence-electron chi connectivity index (χ0n) is 13.3. The Morgan fingerprint density at radius 3 is 2.40 bits per heavy atom. The Hall–Kier alpha value is -1.16. The second kappa shape index (κ2) is 6.53. The molecule has 0 saturated heterocycles. The highest BCUT2D eigenvalue weighted by atomic mass is 16.5. The summed E-state index contributed by atoms with van der Waals surface area (Å²) in [5.74, 6) is 1.85. The van der Waals surface area contributed by atoms with Gasteiger partial charge < -0.3 is 10.1 Å². The van der Waals surface area contributed by atoms with E-state index in [1.54, 1.807) is 7.11 Å². The largest absolute Gasteiger partial charge is 0.370 e. The minimum atomic E-state index is -0.278. The number of rotatable bonds is 5. The lowest BCUT2D eigenvalue weighted by atomic mass is 9.83. The van der Waals surface area contributed by atoms with Gasteiger partial charge in [0.2, 0.25) is 0 Å². The maximum Gasteiger partial charge on any atom is 0.162 e. The standard InChI is InChI=1S/C16H27N3O/c1-5-13-12(3)18-15(19-14(13)17-6-2)16(20-4)10-8-7-9-11-16/h5-11H2,1-4H3,(H,17,18,19). The Morgan fingerprint density at radius 2 is 1.85 bits per heavy atom. The predicted octanol–water partition coefficient (Wildman–Crippen LogP) is 3.59. The average molecular weight is 277 g/mol. The summed E-state index contributed by atoms with van der Waals surface area (Å²) in [6.07, 6.45) is 6.69. The minimum Gasteiger partial charge on any atom is -0.370 e. The van der Waals surface area contributed by atoms with E-state index in [9.17, 15) is 0 Å². The van der Waals surface area contributed by atoms with Crippen LogP contribution in [0.2, 0.25) is 0 Å². The molecule has 0 atom stereocenters. The molecule has 20 heavy (non-hydrogen) atoms. The number of nitrogens with zero attached hydrogens (tertiary/aromatic N) is 2. The maximum atomic E-state index is 5.87. The number of ether oxygens (including phenoxy) is 1. The summed E-state index contributed by atoms with van der Waals surface area (Å²) in [5, 5.41) is 3.38. The molecule has 0 unspecified atom stereocenters. The number of hydrogen-bond donors (Lipinski definition) is 1. The van der Waals surface area contributed by atoms with Crippen molar-refractivity contribution >= 4 is 5.82 Å². The van der Waals surface area contributed by atoms with Crippen molar-refractivity contribution in [1.29, 1.82) is 0 Å². The topological polar surface area (TPSA) is 47.0 Å². The highest BCUT2D eigenvalue weighted by Gasteiger charge is 2.37. The van der Waals surface area contributed by atoms with Crippen LogP contribution in [0.1, 0.15) is 63.0 Å². The molecule has 0 amide bonds. The summed E-state index contributed by atoms with van der Waals surface area (Å²) < 4.78 is 5.87. The van der Waals surface area contributed by atoms with Crippen LogP contribution in [0.25, 0.3) is 0 Å². The summed E-state index contributed by atoms with van der Waals surface area (Å²) >= 11 is 0. The number of aromatic nitrogens is 2. The van der Waals surface area contributed by atoms with Gasteiger partial charge in [-0.15, -0.1) is 0 Å². The summed E-state index contributed by atoms with van der Waals surface area (Å²) in [7, 11) is 1.80. The first-order valence-electron chi connectivity index (χ1n) is 7.84. The third-order valence-corrected chi connectivity index (χ3v) is 4.37. The van der Waals surface area contributed by atoms with Gasteiger partial charge >= 0.3 is 0 Å². The first-order chi connectivity index (χ1) is 9.66. The fourth-order valence-corrected chi connectivity index (χ4v) is 3.18. The molecule has 0 aliphatic heterocycles. The number of nitrogens with one attached hydrogen (secondary N) is 1. The van der Waals surface area contributed by atoms with E-state index in [0.29, 0.717) is 0 Å². The molecule has 0 aromatic carbocycles. The highest BCUT2D eigenvalue weighted by molar-refractivity contribution is 5.47. The molecule has 1 aliphatic carbocycles. The highest BCUT2D eigenvalue weighted by Crippen LogP contribution is 2.39. The van der Waals surface area contributed by atoms with Crippen molar-refractivity contribution in [3.63, 3.8) is 0 Å². The number of anilines is 1. The van der Waals surface area contributed by atoms with Gasteiger partial charge in [-0.25, -0.2) is 9.97 Å². The molecule has 1 fully saturated rings. The Bertz CT molecular complexity index is 453. The van der Waals surface area contributed by atoms with Gasteiger partial charge in [0.15, 0.2) is 5.82 Å². The fraction of sp³-hybridized carbons (Fsp3) is 0.750. The number of hydrogen-bond acceptors (Lipinski definition) is 4. The van der Waals surface area contributed by atoms with E-state index < -0.39 is 0 Å². The molecule has 1 saturated carbocycles. The Labute approximate surface area is 122 Å². The summed E-state index contributed by atoms with van der Waals surface area (Å²) in [5.41, 5.74) is 2.02. The molecule has 112 valence electrons. The van der Waals surface area contributed by atoms with Gasteiger partial charge in [-0.05, 0) is 33.1 Å². The first kappa shape index (κ1) is 15.2. The van der Waals surface area contributed by atoms with Gasteiger partial charge in [-0.2, -0.15) is 0 Å². The van der Waals surface area contributed by atoms with E-state index in [2.05, 4.69) is 26.1 Å². The average Bonchev–Trinajstić information content (AvgIpc) is 2.48. The van der Waals surface area contributed by atoms with Crippen LogP contribution in [-0.2, 0) is 16.8 Å². The zero-order valence-corrected chi connectivity index (χ0v) is 13.3. The van der Waals surface area contributed by atoms with Gasteiger partial charge in [0.1, 0.15) is 11.4 Å². The molecular formula is C16H27N3O.